The smallest absolute Gasteiger partial charge is 0.303 e. The molecule has 2 N–H and O–H groups in total. The number of hydrogen-bond donors (Lipinski definition) is 2. The quantitative estimate of drug-likeness (QED) is 0.676. The van der Waals surface area contributed by atoms with Crippen LogP contribution in [0.5, 0.6) is 0 Å². The van der Waals surface area contributed by atoms with Gasteiger partial charge in [0.2, 0.25) is 0 Å². The molecule has 0 bridgehead atoms. The zero-order chi connectivity index (χ0) is 11.4. The van der Waals surface area contributed by atoms with E-state index >= 15 is 0 Å². The summed E-state index contributed by atoms with van der Waals surface area (Å²) in [6.45, 7) is 3.95. The minimum absolute atomic E-state index is 0. The Labute approximate surface area is 102 Å². The second kappa shape index (κ2) is 19.6. The fraction of sp³-hybridized carbons (Fsp3) is 0.800. The fourth-order valence-electron chi connectivity index (χ4n) is 0.656. The van der Waals surface area contributed by atoms with Crippen LogP contribution >= 0.6 is 0 Å². The van der Waals surface area contributed by atoms with Gasteiger partial charge in [-0.1, -0.05) is 26.7 Å². The van der Waals surface area contributed by atoms with E-state index in [1.165, 1.54) is 0 Å². The predicted molar refractivity (Wildman–Crippen MR) is 65.8 cm³/mol. The highest BCUT2D eigenvalue weighted by Crippen LogP contribution is 1.91. The molecule has 0 atom stereocenters. The van der Waals surface area contributed by atoms with Crippen LogP contribution in [0.4, 0.5) is 0 Å². The number of hydrogen-bond acceptors (Lipinski definition) is 2. The highest BCUT2D eigenvalue weighted by Gasteiger charge is 1.91. The van der Waals surface area contributed by atoms with Crippen molar-refractivity contribution in [1.82, 2.24) is 0 Å². The van der Waals surface area contributed by atoms with E-state index in [-0.39, 0.29) is 16.8 Å². The van der Waals surface area contributed by atoms with Crippen molar-refractivity contribution in [1.29, 1.82) is 0 Å². The minimum Gasteiger partial charge on any atom is -0.481 e. The average molecular weight is 226 g/mol. The molecule has 16 heavy (non-hydrogen) atoms. The van der Waals surface area contributed by atoms with Crippen molar-refractivity contribution in [2.24, 2.45) is 0 Å². The third-order valence-electron chi connectivity index (χ3n) is 1.49. The molecule has 0 spiro atoms. The molecule has 0 unspecified atom stereocenters. The van der Waals surface area contributed by atoms with Crippen LogP contribution in [-0.4, -0.2) is 39.0 Å². The number of rotatable bonds is 6. The van der Waals surface area contributed by atoms with Gasteiger partial charge in [0.05, 0.1) is 0 Å². The number of carboxylic acid groups (broad SMARTS) is 2. The van der Waals surface area contributed by atoms with Crippen LogP contribution in [0.25, 0.3) is 0 Å². The van der Waals surface area contributed by atoms with E-state index in [0.29, 0.717) is 12.8 Å². The van der Waals surface area contributed by atoms with Gasteiger partial charge in [0.15, 0.2) is 0 Å². The van der Waals surface area contributed by atoms with E-state index in [4.69, 9.17) is 10.2 Å². The van der Waals surface area contributed by atoms with Gasteiger partial charge in [0.1, 0.15) is 0 Å². The van der Waals surface area contributed by atoms with Crippen LogP contribution in [-0.2, 0) is 9.59 Å². The van der Waals surface area contributed by atoms with E-state index in [0.717, 1.165) is 25.7 Å². The second-order valence-corrected chi connectivity index (χ2v) is 2.99. The van der Waals surface area contributed by atoms with Gasteiger partial charge < -0.3 is 10.2 Å². The molecule has 4 nitrogen and oxygen atoms in total. The van der Waals surface area contributed by atoms with Gasteiger partial charge in [-0.2, -0.15) is 0 Å². The Hall–Kier alpha value is -0.930. The summed E-state index contributed by atoms with van der Waals surface area (Å²) >= 11 is 0. The molecular formula is C10H20B2O4. The van der Waals surface area contributed by atoms with Crippen molar-refractivity contribution >= 4 is 28.8 Å². The molecule has 0 heterocycles. The topological polar surface area (TPSA) is 74.6 Å². The maximum Gasteiger partial charge on any atom is 0.303 e. The number of carbonyl (C=O) groups is 2. The summed E-state index contributed by atoms with van der Waals surface area (Å²) in [5.41, 5.74) is 0. The van der Waals surface area contributed by atoms with E-state index in [9.17, 15) is 9.59 Å². The SMILES string of the molecule is CCCCC(=O)O.CCCCC(=O)O.[B].[B]. The van der Waals surface area contributed by atoms with E-state index in [2.05, 4.69) is 0 Å². The summed E-state index contributed by atoms with van der Waals surface area (Å²) in [7, 11) is 0. The lowest BCUT2D eigenvalue weighted by Crippen LogP contribution is -1.91. The molecule has 0 aromatic rings. The average Bonchev–Trinajstić information content (AvgIpc) is 2.12. The number of aliphatic carboxylic acids is 2. The second-order valence-electron chi connectivity index (χ2n) is 2.99. The Balaban J connectivity index is -0.0000000800. The molecule has 6 heteroatoms. The third-order valence-corrected chi connectivity index (χ3v) is 1.49. The van der Waals surface area contributed by atoms with Crippen LogP contribution < -0.4 is 0 Å². The number of unbranched alkanes of at least 4 members (excludes halogenated alkanes) is 2. The standard InChI is InChI=1S/2C5H10O2.2B/c2*1-2-3-4-5(6)7;;/h2*2-4H2,1H3,(H,6,7);;. The molecule has 6 radical (unpaired) electrons. The van der Waals surface area contributed by atoms with Gasteiger partial charge in [-0.15, -0.1) is 0 Å². The summed E-state index contributed by atoms with van der Waals surface area (Å²) in [6, 6.07) is 0. The summed E-state index contributed by atoms with van der Waals surface area (Å²) < 4.78 is 0. The Morgan fingerprint density at radius 1 is 0.812 bits per heavy atom. The van der Waals surface area contributed by atoms with E-state index in [1.807, 2.05) is 13.8 Å². The molecule has 0 aliphatic heterocycles. The Bertz CT molecular complexity index is 145. The first-order valence-electron chi connectivity index (χ1n) is 4.98. The van der Waals surface area contributed by atoms with Crippen molar-refractivity contribution in [3.05, 3.63) is 0 Å². The predicted octanol–water partition coefficient (Wildman–Crippen LogP) is 1.76. The first kappa shape index (κ1) is 24.3. The van der Waals surface area contributed by atoms with Crippen molar-refractivity contribution in [2.45, 2.75) is 52.4 Å². The normalized spacial score (nSPS) is 7.62. The molecule has 0 saturated heterocycles. The van der Waals surface area contributed by atoms with Crippen LogP contribution in [0.3, 0.4) is 0 Å². The van der Waals surface area contributed by atoms with Crippen LogP contribution in [0.15, 0.2) is 0 Å². The molecule has 0 saturated carbocycles. The molecule has 0 aromatic carbocycles. The van der Waals surface area contributed by atoms with Gasteiger partial charge in [0.25, 0.3) is 0 Å². The number of carboxylic acids is 2. The Morgan fingerprint density at radius 2 is 1.06 bits per heavy atom. The third kappa shape index (κ3) is 38.1. The van der Waals surface area contributed by atoms with Gasteiger partial charge in [0, 0.05) is 29.7 Å². The lowest BCUT2D eigenvalue weighted by atomic mass is 10.3. The molecular weight excluding hydrogens is 206 g/mol. The van der Waals surface area contributed by atoms with E-state index < -0.39 is 11.9 Å². The van der Waals surface area contributed by atoms with Gasteiger partial charge in [-0.3, -0.25) is 9.59 Å². The fourth-order valence-corrected chi connectivity index (χ4v) is 0.656. The highest BCUT2D eigenvalue weighted by molar-refractivity contribution is 5.76. The zero-order valence-electron chi connectivity index (χ0n) is 10.1. The summed E-state index contributed by atoms with van der Waals surface area (Å²) in [6.07, 6.45) is 4.16. The molecule has 0 amide bonds. The van der Waals surface area contributed by atoms with Crippen LogP contribution in [0.2, 0.25) is 0 Å². The van der Waals surface area contributed by atoms with Gasteiger partial charge in [-0.25, -0.2) is 0 Å². The summed E-state index contributed by atoms with van der Waals surface area (Å²) in [5, 5.41) is 16.1. The maximum atomic E-state index is 9.76. The Kier molecular flexibility index (Phi) is 29.8. The van der Waals surface area contributed by atoms with Crippen LogP contribution in [0.1, 0.15) is 52.4 Å². The summed E-state index contributed by atoms with van der Waals surface area (Å²) in [5.74, 6) is -1.39. The highest BCUT2D eigenvalue weighted by atomic mass is 16.4. The molecule has 0 fully saturated rings. The van der Waals surface area contributed by atoms with Crippen molar-refractivity contribution in [3.63, 3.8) is 0 Å². The van der Waals surface area contributed by atoms with Crippen molar-refractivity contribution in [3.8, 4) is 0 Å². The monoisotopic (exact) mass is 226 g/mol. The molecule has 0 aromatic heterocycles. The van der Waals surface area contributed by atoms with Gasteiger partial charge >= 0.3 is 11.9 Å². The zero-order valence-corrected chi connectivity index (χ0v) is 10.1. The van der Waals surface area contributed by atoms with Crippen molar-refractivity contribution in [2.75, 3.05) is 0 Å². The van der Waals surface area contributed by atoms with E-state index in [1.54, 1.807) is 0 Å². The van der Waals surface area contributed by atoms with Crippen LogP contribution in [0, 0.1) is 0 Å². The van der Waals surface area contributed by atoms with Crippen molar-refractivity contribution < 1.29 is 19.8 Å². The largest absolute Gasteiger partial charge is 0.481 e. The molecule has 0 rings (SSSR count). The Morgan fingerprint density at radius 3 is 1.12 bits per heavy atom. The lowest BCUT2D eigenvalue weighted by molar-refractivity contribution is -0.138. The maximum absolute atomic E-state index is 9.76. The summed E-state index contributed by atoms with van der Waals surface area (Å²) in [4.78, 5) is 19.5. The molecule has 90 valence electrons. The molecule has 0 aliphatic rings. The van der Waals surface area contributed by atoms with Gasteiger partial charge in [-0.05, 0) is 12.8 Å². The first-order chi connectivity index (χ1) is 6.54. The first-order valence-corrected chi connectivity index (χ1v) is 4.98. The lowest BCUT2D eigenvalue weighted by Gasteiger charge is -1.85. The molecule has 0 aliphatic carbocycles. The minimum atomic E-state index is -0.693.